The van der Waals surface area contributed by atoms with Gasteiger partial charge in [0.2, 0.25) is 0 Å². The highest BCUT2D eigenvalue weighted by Crippen LogP contribution is 2.20. The number of aliphatic hydroxyl groups is 1. The Bertz CT molecular complexity index is 490. The van der Waals surface area contributed by atoms with Crippen molar-refractivity contribution in [2.45, 2.75) is 162 Å². The normalized spacial score (nSPS) is 14.2. The molecule has 0 aliphatic rings. The van der Waals surface area contributed by atoms with Gasteiger partial charge in [0, 0.05) is 0 Å². The SMILES string of the molecule is CCCCCCCCCCCCCCC(CCCCCCC)OS(=O)(=O)CC(O)C(C)C. The summed E-state index contributed by atoms with van der Waals surface area (Å²) in [5.41, 5.74) is 0. The molecule has 4 nitrogen and oxygen atoms in total. The third-order valence-corrected chi connectivity index (χ3v) is 7.75. The smallest absolute Gasteiger partial charge is 0.270 e. The topological polar surface area (TPSA) is 63.6 Å². The minimum atomic E-state index is -3.69. The average molecular weight is 477 g/mol. The zero-order chi connectivity index (χ0) is 24.1. The number of unbranched alkanes of at least 4 members (excludes halogenated alkanes) is 15. The van der Waals surface area contributed by atoms with Crippen molar-refractivity contribution in [3.63, 3.8) is 0 Å². The van der Waals surface area contributed by atoms with Gasteiger partial charge in [0.25, 0.3) is 10.1 Å². The molecule has 0 aliphatic heterocycles. The van der Waals surface area contributed by atoms with Crippen LogP contribution in [-0.2, 0) is 14.3 Å². The van der Waals surface area contributed by atoms with Crippen molar-refractivity contribution >= 4 is 10.1 Å². The van der Waals surface area contributed by atoms with Gasteiger partial charge in [-0.1, -0.05) is 137 Å². The van der Waals surface area contributed by atoms with E-state index in [1.807, 2.05) is 13.8 Å². The van der Waals surface area contributed by atoms with Crippen molar-refractivity contribution in [3.05, 3.63) is 0 Å². The van der Waals surface area contributed by atoms with Crippen LogP contribution in [0.2, 0.25) is 0 Å². The maximum Gasteiger partial charge on any atom is 0.270 e. The summed E-state index contributed by atoms with van der Waals surface area (Å²) >= 11 is 0. The van der Waals surface area contributed by atoms with Gasteiger partial charge in [0.1, 0.15) is 5.75 Å². The molecular formula is C27H56O4S. The van der Waals surface area contributed by atoms with E-state index in [2.05, 4.69) is 13.8 Å². The summed E-state index contributed by atoms with van der Waals surface area (Å²) in [7, 11) is -3.69. The third kappa shape index (κ3) is 20.5. The molecule has 0 radical (unpaired) electrons. The Labute approximate surface area is 201 Å². The first-order chi connectivity index (χ1) is 15.3. The summed E-state index contributed by atoms with van der Waals surface area (Å²) in [6, 6.07) is 0. The number of hydrogen-bond acceptors (Lipinski definition) is 4. The molecule has 0 saturated heterocycles. The fourth-order valence-electron chi connectivity index (χ4n) is 4.08. The van der Waals surface area contributed by atoms with Gasteiger partial charge in [0.15, 0.2) is 0 Å². The molecule has 0 aromatic heterocycles. The van der Waals surface area contributed by atoms with Crippen molar-refractivity contribution in [2.75, 3.05) is 5.75 Å². The molecule has 0 aliphatic carbocycles. The van der Waals surface area contributed by atoms with Gasteiger partial charge in [-0.25, -0.2) is 0 Å². The van der Waals surface area contributed by atoms with Crippen molar-refractivity contribution in [2.24, 2.45) is 5.92 Å². The van der Waals surface area contributed by atoms with Crippen molar-refractivity contribution in [3.8, 4) is 0 Å². The molecule has 0 rings (SSSR count). The second-order valence-corrected chi connectivity index (χ2v) is 11.8. The fourth-order valence-corrected chi connectivity index (χ4v) is 5.57. The van der Waals surface area contributed by atoms with E-state index in [0.717, 1.165) is 38.5 Å². The van der Waals surface area contributed by atoms with Crippen LogP contribution in [0.4, 0.5) is 0 Å². The van der Waals surface area contributed by atoms with Crippen molar-refractivity contribution in [1.29, 1.82) is 0 Å². The minimum absolute atomic E-state index is 0.0859. The zero-order valence-electron chi connectivity index (χ0n) is 22.0. The molecule has 0 spiro atoms. The van der Waals surface area contributed by atoms with Gasteiger partial charge < -0.3 is 5.11 Å². The summed E-state index contributed by atoms with van der Waals surface area (Å²) in [5, 5.41) is 9.98. The molecule has 0 saturated carbocycles. The lowest BCUT2D eigenvalue weighted by Crippen LogP contribution is -2.29. The van der Waals surface area contributed by atoms with E-state index in [4.69, 9.17) is 4.18 Å². The molecule has 2 atom stereocenters. The van der Waals surface area contributed by atoms with Crippen molar-refractivity contribution < 1.29 is 17.7 Å². The lowest BCUT2D eigenvalue weighted by atomic mass is 10.0. The molecular weight excluding hydrogens is 420 g/mol. The molecule has 32 heavy (non-hydrogen) atoms. The van der Waals surface area contributed by atoms with Gasteiger partial charge in [0.05, 0.1) is 12.2 Å². The van der Waals surface area contributed by atoms with Gasteiger partial charge in [-0.05, 0) is 18.8 Å². The molecule has 0 aromatic rings. The van der Waals surface area contributed by atoms with E-state index in [-0.39, 0.29) is 17.8 Å². The van der Waals surface area contributed by atoms with E-state index < -0.39 is 16.2 Å². The van der Waals surface area contributed by atoms with Crippen LogP contribution in [0.15, 0.2) is 0 Å². The van der Waals surface area contributed by atoms with E-state index in [0.29, 0.717) is 0 Å². The molecule has 5 heteroatoms. The summed E-state index contributed by atoms with van der Waals surface area (Å²) in [5.74, 6) is -0.382. The predicted molar refractivity (Wildman–Crippen MR) is 139 cm³/mol. The Hall–Kier alpha value is -0.130. The third-order valence-electron chi connectivity index (χ3n) is 6.44. The highest BCUT2D eigenvalue weighted by Gasteiger charge is 2.24. The fraction of sp³-hybridized carbons (Fsp3) is 1.00. The molecule has 194 valence electrons. The first-order valence-electron chi connectivity index (χ1n) is 13.9. The van der Waals surface area contributed by atoms with Crippen LogP contribution in [-0.4, -0.2) is 31.5 Å². The highest BCUT2D eigenvalue weighted by atomic mass is 32.2. The average Bonchev–Trinajstić information content (AvgIpc) is 2.73. The summed E-state index contributed by atoms with van der Waals surface area (Å²) in [6.45, 7) is 8.12. The van der Waals surface area contributed by atoms with E-state index in [1.165, 1.54) is 83.5 Å². The molecule has 0 aromatic carbocycles. The Balaban J connectivity index is 4.14. The first kappa shape index (κ1) is 31.9. The molecule has 2 unspecified atom stereocenters. The van der Waals surface area contributed by atoms with Crippen LogP contribution in [0.25, 0.3) is 0 Å². The van der Waals surface area contributed by atoms with Crippen LogP contribution in [0, 0.1) is 5.92 Å². The second kappa shape index (κ2) is 21.4. The summed E-state index contributed by atoms with van der Waals surface area (Å²) in [4.78, 5) is 0. The zero-order valence-corrected chi connectivity index (χ0v) is 22.8. The molecule has 0 heterocycles. The minimum Gasteiger partial charge on any atom is -0.392 e. The van der Waals surface area contributed by atoms with Crippen LogP contribution in [0.5, 0.6) is 0 Å². The van der Waals surface area contributed by atoms with Crippen LogP contribution < -0.4 is 0 Å². The standard InChI is InChI=1S/C27H56O4S/c1-5-7-9-11-12-13-14-15-16-17-19-21-23-26(22-20-18-10-8-6-2)31-32(29,30)24-27(28)25(3)4/h25-28H,5-24H2,1-4H3. The monoisotopic (exact) mass is 476 g/mol. The van der Waals surface area contributed by atoms with Gasteiger partial charge in [-0.3, -0.25) is 4.18 Å². The quantitative estimate of drug-likeness (QED) is 0.113. The van der Waals surface area contributed by atoms with Crippen LogP contribution in [0.3, 0.4) is 0 Å². The molecule has 1 N–H and O–H groups in total. The van der Waals surface area contributed by atoms with Crippen LogP contribution >= 0.6 is 0 Å². The van der Waals surface area contributed by atoms with E-state index in [1.54, 1.807) is 0 Å². The van der Waals surface area contributed by atoms with Gasteiger partial charge in [-0.2, -0.15) is 8.42 Å². The maximum atomic E-state index is 12.4. The Morgan fingerprint density at radius 3 is 1.31 bits per heavy atom. The Kier molecular flexibility index (Phi) is 21.3. The van der Waals surface area contributed by atoms with Gasteiger partial charge in [-0.15, -0.1) is 0 Å². The predicted octanol–water partition coefficient (Wildman–Crippen LogP) is 8.17. The second-order valence-electron chi connectivity index (χ2n) is 10.1. The van der Waals surface area contributed by atoms with Crippen molar-refractivity contribution in [1.82, 2.24) is 0 Å². The first-order valence-corrected chi connectivity index (χ1v) is 15.5. The lowest BCUT2D eigenvalue weighted by molar-refractivity contribution is 0.134. The number of rotatable bonds is 24. The molecule has 0 amide bonds. The van der Waals surface area contributed by atoms with E-state index >= 15 is 0 Å². The van der Waals surface area contributed by atoms with Gasteiger partial charge >= 0.3 is 0 Å². The largest absolute Gasteiger partial charge is 0.392 e. The van der Waals surface area contributed by atoms with Crippen LogP contribution in [0.1, 0.15) is 150 Å². The number of hydrogen-bond donors (Lipinski definition) is 1. The summed E-state index contributed by atoms with van der Waals surface area (Å²) in [6.07, 6.45) is 22.0. The Morgan fingerprint density at radius 2 is 0.969 bits per heavy atom. The maximum absolute atomic E-state index is 12.4. The number of aliphatic hydroxyl groups excluding tert-OH is 1. The molecule has 0 bridgehead atoms. The van der Waals surface area contributed by atoms with E-state index in [9.17, 15) is 13.5 Å². The highest BCUT2D eigenvalue weighted by molar-refractivity contribution is 7.86. The lowest BCUT2D eigenvalue weighted by Gasteiger charge is -2.20. The Morgan fingerprint density at radius 1 is 0.625 bits per heavy atom. The summed E-state index contributed by atoms with van der Waals surface area (Å²) < 4.78 is 30.4. The molecule has 0 fully saturated rings.